The molecule has 7 heteroatoms. The molecule has 1 aromatic heterocycles. The molecule has 3 aromatic rings. The molecule has 0 atom stereocenters. The summed E-state index contributed by atoms with van der Waals surface area (Å²) in [6.07, 6.45) is 0. The van der Waals surface area contributed by atoms with E-state index in [0.717, 1.165) is 5.56 Å². The van der Waals surface area contributed by atoms with Crippen molar-refractivity contribution in [1.82, 2.24) is 15.3 Å². The third-order valence-corrected chi connectivity index (χ3v) is 3.32. The number of aromatic amines is 1. The highest BCUT2D eigenvalue weighted by atomic mass is 16.6. The molecular formula is C15H12N4O3. The van der Waals surface area contributed by atoms with Crippen LogP contribution in [0.2, 0.25) is 0 Å². The molecule has 0 fully saturated rings. The first-order valence-corrected chi connectivity index (χ1v) is 6.55. The van der Waals surface area contributed by atoms with E-state index in [1.165, 1.54) is 12.1 Å². The number of benzene rings is 2. The first-order valence-electron chi connectivity index (χ1n) is 6.55. The minimum Gasteiger partial charge on any atom is -0.355 e. The van der Waals surface area contributed by atoms with Crippen molar-refractivity contribution in [1.29, 1.82) is 0 Å². The van der Waals surface area contributed by atoms with E-state index in [-0.39, 0.29) is 11.6 Å². The van der Waals surface area contributed by atoms with Gasteiger partial charge in [0.2, 0.25) is 0 Å². The molecule has 1 amide bonds. The molecule has 0 aliphatic heterocycles. The van der Waals surface area contributed by atoms with Gasteiger partial charge in [0.15, 0.2) is 0 Å². The van der Waals surface area contributed by atoms with E-state index in [0.29, 0.717) is 22.4 Å². The lowest BCUT2D eigenvalue weighted by molar-refractivity contribution is -0.384. The minimum absolute atomic E-state index is 0.0117. The van der Waals surface area contributed by atoms with Gasteiger partial charge in [0.1, 0.15) is 5.82 Å². The summed E-state index contributed by atoms with van der Waals surface area (Å²) >= 11 is 0. The van der Waals surface area contributed by atoms with Crippen LogP contribution in [0.5, 0.6) is 0 Å². The second-order valence-corrected chi connectivity index (χ2v) is 4.70. The molecule has 0 saturated carbocycles. The standard InChI is InChI=1S/C15H12N4O3/c1-16-15(20)10-4-2-9(3-5-10)14-17-12-7-6-11(19(21)22)8-13(12)18-14/h2-8H,1H3,(H,16,20)(H,17,18). The summed E-state index contributed by atoms with van der Waals surface area (Å²) in [6.45, 7) is 0. The van der Waals surface area contributed by atoms with Crippen molar-refractivity contribution in [2.24, 2.45) is 0 Å². The SMILES string of the molecule is CNC(=O)c1ccc(-c2nc3ccc([N+](=O)[O-])cc3[nH]2)cc1. The normalized spacial score (nSPS) is 10.6. The van der Waals surface area contributed by atoms with Crippen molar-refractivity contribution < 1.29 is 9.72 Å². The zero-order valence-corrected chi connectivity index (χ0v) is 11.7. The number of non-ortho nitro benzene ring substituents is 1. The van der Waals surface area contributed by atoms with E-state index < -0.39 is 4.92 Å². The predicted molar refractivity (Wildman–Crippen MR) is 81.6 cm³/mol. The molecule has 3 rings (SSSR count). The van der Waals surface area contributed by atoms with E-state index >= 15 is 0 Å². The highest BCUT2D eigenvalue weighted by molar-refractivity contribution is 5.94. The van der Waals surface area contributed by atoms with E-state index in [1.807, 2.05) is 0 Å². The second-order valence-electron chi connectivity index (χ2n) is 4.70. The minimum atomic E-state index is -0.446. The van der Waals surface area contributed by atoms with Gasteiger partial charge in [0.05, 0.1) is 16.0 Å². The number of aromatic nitrogens is 2. The zero-order chi connectivity index (χ0) is 15.7. The number of carbonyl (C=O) groups is 1. The molecule has 0 saturated heterocycles. The molecule has 22 heavy (non-hydrogen) atoms. The zero-order valence-electron chi connectivity index (χ0n) is 11.7. The van der Waals surface area contributed by atoms with Crippen molar-refractivity contribution in [3.63, 3.8) is 0 Å². The van der Waals surface area contributed by atoms with Crippen LogP contribution in [0.1, 0.15) is 10.4 Å². The molecular weight excluding hydrogens is 284 g/mol. The van der Waals surface area contributed by atoms with Crippen LogP contribution in [0.15, 0.2) is 42.5 Å². The van der Waals surface area contributed by atoms with Gasteiger partial charge in [-0.3, -0.25) is 14.9 Å². The summed E-state index contributed by atoms with van der Waals surface area (Å²) in [7, 11) is 1.57. The smallest absolute Gasteiger partial charge is 0.271 e. The number of rotatable bonds is 3. The average Bonchev–Trinajstić information content (AvgIpc) is 2.97. The number of imidazole rings is 1. The molecule has 0 aliphatic rings. The maximum absolute atomic E-state index is 11.5. The summed E-state index contributed by atoms with van der Waals surface area (Å²) < 4.78 is 0. The molecule has 110 valence electrons. The molecule has 2 aromatic carbocycles. The Labute approximate surface area is 125 Å². The van der Waals surface area contributed by atoms with Gasteiger partial charge in [-0.05, 0) is 18.2 Å². The Kier molecular flexibility index (Phi) is 3.30. The fourth-order valence-corrected chi connectivity index (χ4v) is 2.17. The number of carbonyl (C=O) groups excluding carboxylic acids is 1. The average molecular weight is 296 g/mol. The van der Waals surface area contributed by atoms with Gasteiger partial charge < -0.3 is 10.3 Å². The summed E-state index contributed by atoms with van der Waals surface area (Å²) in [5.74, 6) is 0.436. The Bertz CT molecular complexity index is 868. The molecule has 0 aliphatic carbocycles. The fraction of sp³-hybridized carbons (Fsp3) is 0.0667. The highest BCUT2D eigenvalue weighted by Crippen LogP contribution is 2.24. The summed E-state index contributed by atoms with van der Waals surface area (Å²) in [5, 5.41) is 13.3. The lowest BCUT2D eigenvalue weighted by Gasteiger charge is -2.00. The number of amides is 1. The number of nitrogens with zero attached hydrogens (tertiary/aromatic N) is 2. The molecule has 0 bridgehead atoms. The largest absolute Gasteiger partial charge is 0.355 e. The van der Waals surface area contributed by atoms with Crippen molar-refractivity contribution >= 4 is 22.6 Å². The highest BCUT2D eigenvalue weighted by Gasteiger charge is 2.11. The predicted octanol–water partition coefficient (Wildman–Crippen LogP) is 2.50. The van der Waals surface area contributed by atoms with Crippen molar-refractivity contribution in [3.05, 3.63) is 58.1 Å². The van der Waals surface area contributed by atoms with Crippen LogP contribution in [0, 0.1) is 10.1 Å². The fourth-order valence-electron chi connectivity index (χ4n) is 2.17. The van der Waals surface area contributed by atoms with Crippen molar-refractivity contribution in [2.75, 3.05) is 7.05 Å². The van der Waals surface area contributed by atoms with E-state index in [4.69, 9.17) is 0 Å². The summed E-state index contributed by atoms with van der Waals surface area (Å²) in [5.41, 5.74) is 2.61. The van der Waals surface area contributed by atoms with Crippen LogP contribution < -0.4 is 5.32 Å². The first-order chi connectivity index (χ1) is 10.6. The Balaban J connectivity index is 1.99. The number of nitro groups is 1. The lowest BCUT2D eigenvalue weighted by Crippen LogP contribution is -2.17. The first kappa shape index (κ1) is 13.7. The van der Waals surface area contributed by atoms with Crippen LogP contribution in [-0.4, -0.2) is 27.8 Å². The topological polar surface area (TPSA) is 101 Å². The van der Waals surface area contributed by atoms with Crippen molar-refractivity contribution in [2.45, 2.75) is 0 Å². The molecule has 7 nitrogen and oxygen atoms in total. The Hall–Kier alpha value is -3.22. The number of fused-ring (bicyclic) bond motifs is 1. The molecule has 1 heterocycles. The number of hydrogen-bond donors (Lipinski definition) is 2. The molecule has 0 spiro atoms. The van der Waals surface area contributed by atoms with Gasteiger partial charge in [-0.15, -0.1) is 0 Å². The van der Waals surface area contributed by atoms with Gasteiger partial charge in [-0.25, -0.2) is 4.98 Å². The van der Waals surface area contributed by atoms with E-state index in [1.54, 1.807) is 37.4 Å². The van der Waals surface area contributed by atoms with Crippen LogP contribution in [0.25, 0.3) is 22.4 Å². The summed E-state index contributed by atoms with van der Waals surface area (Å²) in [4.78, 5) is 29.3. The van der Waals surface area contributed by atoms with Crippen LogP contribution >= 0.6 is 0 Å². The number of nitrogens with one attached hydrogen (secondary N) is 2. The summed E-state index contributed by atoms with van der Waals surface area (Å²) in [6, 6.07) is 11.4. The van der Waals surface area contributed by atoms with Crippen molar-refractivity contribution in [3.8, 4) is 11.4 Å². The third-order valence-electron chi connectivity index (χ3n) is 3.32. The van der Waals surface area contributed by atoms with Crippen LogP contribution in [0.3, 0.4) is 0 Å². The number of nitro benzene ring substituents is 1. The molecule has 0 radical (unpaired) electrons. The quantitative estimate of drug-likeness (QED) is 0.572. The van der Waals surface area contributed by atoms with Gasteiger partial charge in [0, 0.05) is 30.3 Å². The Morgan fingerprint density at radius 3 is 2.59 bits per heavy atom. The second kappa shape index (κ2) is 5.28. The third kappa shape index (κ3) is 2.39. The monoisotopic (exact) mass is 296 g/mol. The van der Waals surface area contributed by atoms with Gasteiger partial charge in [-0.2, -0.15) is 0 Å². The Morgan fingerprint density at radius 1 is 1.23 bits per heavy atom. The number of H-pyrrole nitrogens is 1. The Morgan fingerprint density at radius 2 is 1.95 bits per heavy atom. The van der Waals surface area contributed by atoms with Gasteiger partial charge in [0.25, 0.3) is 11.6 Å². The van der Waals surface area contributed by atoms with Gasteiger partial charge >= 0.3 is 0 Å². The van der Waals surface area contributed by atoms with E-state index in [9.17, 15) is 14.9 Å². The number of hydrogen-bond acceptors (Lipinski definition) is 4. The van der Waals surface area contributed by atoms with Crippen LogP contribution in [0.4, 0.5) is 5.69 Å². The lowest BCUT2D eigenvalue weighted by atomic mass is 10.1. The maximum atomic E-state index is 11.5. The van der Waals surface area contributed by atoms with E-state index in [2.05, 4.69) is 15.3 Å². The van der Waals surface area contributed by atoms with Gasteiger partial charge in [-0.1, -0.05) is 12.1 Å². The molecule has 0 unspecified atom stereocenters. The maximum Gasteiger partial charge on any atom is 0.271 e. The van der Waals surface area contributed by atoms with Crippen LogP contribution in [-0.2, 0) is 0 Å². The molecule has 2 N–H and O–H groups in total.